The molecule has 2 atom stereocenters. The minimum atomic E-state index is -0.553. The maximum Gasteiger partial charge on any atom is 0.319 e. The number of halogens is 1. The Balaban J connectivity index is 1.57. The first-order chi connectivity index (χ1) is 11.5. The summed E-state index contributed by atoms with van der Waals surface area (Å²) in [6, 6.07) is 13.8. The smallest absolute Gasteiger partial charge is 0.319 e. The van der Waals surface area contributed by atoms with E-state index in [2.05, 4.69) is 16.0 Å². The second-order valence-electron chi connectivity index (χ2n) is 5.83. The monoisotopic (exact) mass is 327 g/mol. The molecule has 0 aromatic heterocycles. The zero-order chi connectivity index (χ0) is 17.1. The topological polar surface area (TPSA) is 70.2 Å². The van der Waals surface area contributed by atoms with Gasteiger partial charge >= 0.3 is 6.03 Å². The van der Waals surface area contributed by atoms with Gasteiger partial charge in [0.05, 0.1) is 5.69 Å². The molecule has 2 aromatic carbocycles. The van der Waals surface area contributed by atoms with E-state index in [0.29, 0.717) is 11.6 Å². The molecule has 1 fully saturated rings. The van der Waals surface area contributed by atoms with E-state index in [9.17, 15) is 14.0 Å². The Bertz CT molecular complexity index is 764. The van der Waals surface area contributed by atoms with Crippen molar-refractivity contribution >= 4 is 23.3 Å². The van der Waals surface area contributed by atoms with Crippen LogP contribution in [-0.4, -0.2) is 18.0 Å². The first-order valence-electron chi connectivity index (χ1n) is 7.72. The lowest BCUT2D eigenvalue weighted by Crippen LogP contribution is -2.31. The molecule has 6 heteroatoms. The van der Waals surface area contributed by atoms with Crippen LogP contribution in [0.5, 0.6) is 0 Å². The van der Waals surface area contributed by atoms with Crippen molar-refractivity contribution in [3.63, 3.8) is 0 Å². The normalized spacial score (nSPS) is 18.6. The molecule has 5 nitrogen and oxygen atoms in total. The maximum absolute atomic E-state index is 13.6. The van der Waals surface area contributed by atoms with Crippen molar-refractivity contribution in [2.45, 2.75) is 25.3 Å². The van der Waals surface area contributed by atoms with Gasteiger partial charge in [0, 0.05) is 24.6 Å². The Hall–Kier alpha value is -2.89. The van der Waals surface area contributed by atoms with Crippen molar-refractivity contribution in [3.05, 3.63) is 59.9 Å². The number of carbonyl (C=O) groups excluding carboxylic acids is 2. The first kappa shape index (κ1) is 16.0. The maximum atomic E-state index is 13.6. The molecular formula is C18H18FN3O2. The number of benzene rings is 2. The van der Waals surface area contributed by atoms with Gasteiger partial charge in [-0.3, -0.25) is 4.79 Å². The van der Waals surface area contributed by atoms with Crippen molar-refractivity contribution in [2.24, 2.45) is 0 Å². The summed E-state index contributed by atoms with van der Waals surface area (Å²) in [6.07, 6.45) is 0.901. The van der Waals surface area contributed by atoms with Gasteiger partial charge < -0.3 is 16.0 Å². The number of rotatable bonds is 4. The number of hydrogen-bond donors (Lipinski definition) is 3. The molecule has 2 aromatic rings. The van der Waals surface area contributed by atoms with Gasteiger partial charge in [0.25, 0.3) is 0 Å². The Morgan fingerprint density at radius 3 is 2.54 bits per heavy atom. The van der Waals surface area contributed by atoms with E-state index in [1.54, 1.807) is 0 Å². The molecule has 3 N–H and O–H groups in total. The number of carbonyl (C=O) groups is 2. The van der Waals surface area contributed by atoms with Crippen LogP contribution >= 0.6 is 0 Å². The Labute approximate surface area is 139 Å². The van der Waals surface area contributed by atoms with Crippen LogP contribution in [0.1, 0.15) is 24.8 Å². The summed E-state index contributed by atoms with van der Waals surface area (Å²) in [6.45, 7) is 1.29. The van der Waals surface area contributed by atoms with Crippen molar-refractivity contribution in [2.75, 3.05) is 10.6 Å². The molecule has 0 bridgehead atoms. The number of nitrogens with one attached hydrogen (secondary N) is 3. The summed E-state index contributed by atoms with van der Waals surface area (Å²) < 4.78 is 13.6. The van der Waals surface area contributed by atoms with Crippen molar-refractivity contribution in [1.82, 2.24) is 5.32 Å². The second kappa shape index (κ2) is 6.70. The molecule has 0 heterocycles. The fraction of sp³-hybridized carbons (Fsp3) is 0.222. The summed E-state index contributed by atoms with van der Waals surface area (Å²) in [7, 11) is 0. The molecule has 0 saturated heterocycles. The molecule has 1 aliphatic carbocycles. The Morgan fingerprint density at radius 2 is 1.83 bits per heavy atom. The molecule has 2 unspecified atom stereocenters. The van der Waals surface area contributed by atoms with Crippen LogP contribution in [-0.2, 0) is 4.79 Å². The van der Waals surface area contributed by atoms with Crippen LogP contribution in [0.2, 0.25) is 0 Å². The molecule has 0 spiro atoms. The van der Waals surface area contributed by atoms with Gasteiger partial charge in [-0.25, -0.2) is 9.18 Å². The summed E-state index contributed by atoms with van der Waals surface area (Å²) in [5.41, 5.74) is 1.65. The summed E-state index contributed by atoms with van der Waals surface area (Å²) in [4.78, 5) is 23.1. The van der Waals surface area contributed by atoms with E-state index in [0.717, 1.165) is 6.42 Å². The zero-order valence-electron chi connectivity index (χ0n) is 13.2. The molecule has 1 saturated carbocycles. The predicted molar refractivity (Wildman–Crippen MR) is 90.4 cm³/mol. The van der Waals surface area contributed by atoms with Gasteiger partial charge in [-0.2, -0.15) is 0 Å². The molecule has 0 radical (unpaired) electrons. The predicted octanol–water partition coefficient (Wildman–Crippen LogP) is 3.46. The lowest BCUT2D eigenvalue weighted by atomic mass is 10.1. The molecule has 3 amide bonds. The van der Waals surface area contributed by atoms with Gasteiger partial charge in [0.15, 0.2) is 0 Å². The van der Waals surface area contributed by atoms with Gasteiger partial charge in [-0.05, 0) is 30.2 Å². The van der Waals surface area contributed by atoms with Crippen LogP contribution in [0.3, 0.4) is 0 Å². The van der Waals surface area contributed by atoms with Crippen LogP contribution < -0.4 is 16.0 Å². The van der Waals surface area contributed by atoms with E-state index in [1.807, 2.05) is 30.3 Å². The zero-order valence-corrected chi connectivity index (χ0v) is 13.2. The van der Waals surface area contributed by atoms with Gasteiger partial charge in [0.2, 0.25) is 5.91 Å². The average molecular weight is 327 g/mol. The van der Waals surface area contributed by atoms with Crippen LogP contribution in [0.4, 0.5) is 20.6 Å². The second-order valence-corrected chi connectivity index (χ2v) is 5.83. The number of urea groups is 1. The van der Waals surface area contributed by atoms with E-state index in [1.165, 1.54) is 30.7 Å². The highest BCUT2D eigenvalue weighted by Crippen LogP contribution is 2.40. The molecule has 124 valence electrons. The van der Waals surface area contributed by atoms with E-state index in [-0.39, 0.29) is 23.7 Å². The Morgan fingerprint density at radius 1 is 1.08 bits per heavy atom. The number of hydrogen-bond acceptors (Lipinski definition) is 2. The summed E-state index contributed by atoms with van der Waals surface area (Å²) >= 11 is 0. The minimum absolute atomic E-state index is 0.0360. The highest BCUT2D eigenvalue weighted by Gasteiger charge is 2.39. The van der Waals surface area contributed by atoms with Crippen molar-refractivity contribution < 1.29 is 14.0 Å². The van der Waals surface area contributed by atoms with Crippen LogP contribution in [0, 0.1) is 5.82 Å². The van der Waals surface area contributed by atoms with E-state index in [4.69, 9.17) is 0 Å². The lowest BCUT2D eigenvalue weighted by molar-refractivity contribution is -0.114. The molecule has 3 rings (SSSR count). The SMILES string of the molecule is CC(=O)Nc1cc(NC(=O)NC2CC2c2ccccc2)ccc1F. The minimum Gasteiger partial charge on any atom is -0.334 e. The highest BCUT2D eigenvalue weighted by atomic mass is 19.1. The van der Waals surface area contributed by atoms with E-state index >= 15 is 0 Å². The molecule has 0 aliphatic heterocycles. The Kier molecular flexibility index (Phi) is 4.46. The van der Waals surface area contributed by atoms with Crippen LogP contribution in [0.15, 0.2) is 48.5 Å². The highest BCUT2D eigenvalue weighted by molar-refractivity contribution is 5.92. The largest absolute Gasteiger partial charge is 0.334 e. The third kappa shape index (κ3) is 3.90. The van der Waals surface area contributed by atoms with Crippen LogP contribution in [0.25, 0.3) is 0 Å². The quantitative estimate of drug-likeness (QED) is 0.805. The van der Waals surface area contributed by atoms with Crippen molar-refractivity contribution in [1.29, 1.82) is 0 Å². The number of amides is 3. The first-order valence-corrected chi connectivity index (χ1v) is 7.72. The van der Waals surface area contributed by atoms with Crippen molar-refractivity contribution in [3.8, 4) is 0 Å². The van der Waals surface area contributed by atoms with Gasteiger partial charge in [-0.1, -0.05) is 30.3 Å². The summed E-state index contributed by atoms with van der Waals surface area (Å²) in [5, 5.41) is 7.94. The third-order valence-electron chi connectivity index (χ3n) is 3.87. The lowest BCUT2D eigenvalue weighted by Gasteiger charge is -2.10. The van der Waals surface area contributed by atoms with Gasteiger partial charge in [0.1, 0.15) is 5.82 Å². The molecule has 24 heavy (non-hydrogen) atoms. The standard InChI is InChI=1S/C18H18FN3O2/c1-11(23)20-17-9-13(7-8-15(17)19)21-18(24)22-16-10-14(16)12-5-3-2-4-6-12/h2-9,14,16H,10H2,1H3,(H,20,23)(H2,21,22,24). The fourth-order valence-corrected chi connectivity index (χ4v) is 2.65. The molecular weight excluding hydrogens is 309 g/mol. The molecule has 1 aliphatic rings. The van der Waals surface area contributed by atoms with E-state index < -0.39 is 5.82 Å². The average Bonchev–Trinajstić information content (AvgIpc) is 3.30. The third-order valence-corrected chi connectivity index (χ3v) is 3.87. The number of anilines is 2. The van der Waals surface area contributed by atoms with Gasteiger partial charge in [-0.15, -0.1) is 0 Å². The summed E-state index contributed by atoms with van der Waals surface area (Å²) in [5.74, 6) is -0.596. The fourth-order valence-electron chi connectivity index (χ4n) is 2.65.